The number of benzene rings is 1. The van der Waals surface area contributed by atoms with Gasteiger partial charge in [0.15, 0.2) is 5.11 Å². The van der Waals surface area contributed by atoms with E-state index in [0.717, 1.165) is 21.8 Å². The van der Waals surface area contributed by atoms with Crippen LogP contribution >= 0.6 is 23.6 Å². The van der Waals surface area contributed by atoms with Crippen molar-refractivity contribution in [3.8, 4) is 16.3 Å². The Balaban J connectivity index is 1.83. The Morgan fingerprint density at radius 1 is 1.12 bits per heavy atom. The summed E-state index contributed by atoms with van der Waals surface area (Å²) in [6.07, 6.45) is 3.68. The van der Waals surface area contributed by atoms with Crippen LogP contribution < -0.4 is 10.6 Å². The van der Waals surface area contributed by atoms with Crippen LogP contribution in [0.1, 0.15) is 5.56 Å². The largest absolute Gasteiger partial charge is 0.328 e. The summed E-state index contributed by atoms with van der Waals surface area (Å²) >= 11 is 6.59. The van der Waals surface area contributed by atoms with Gasteiger partial charge in [-0.1, -0.05) is 24.3 Å². The first-order chi connectivity index (χ1) is 11.7. The maximum Gasteiger partial charge on any atom is 0.273 e. The SMILES string of the molecule is O=C1NC(=S)N/C1=C\c1cn(-c2ccccc2)nc1-c1cccs1. The van der Waals surface area contributed by atoms with Gasteiger partial charge >= 0.3 is 0 Å². The zero-order valence-electron chi connectivity index (χ0n) is 12.4. The van der Waals surface area contributed by atoms with Crippen molar-refractivity contribution in [3.63, 3.8) is 0 Å². The molecule has 0 atom stereocenters. The van der Waals surface area contributed by atoms with E-state index >= 15 is 0 Å². The second-order valence-electron chi connectivity index (χ2n) is 5.16. The molecule has 0 spiro atoms. The van der Waals surface area contributed by atoms with Gasteiger partial charge in [0.25, 0.3) is 5.91 Å². The molecule has 2 N–H and O–H groups in total. The van der Waals surface area contributed by atoms with Gasteiger partial charge in [0, 0.05) is 11.8 Å². The van der Waals surface area contributed by atoms with Gasteiger partial charge in [-0.2, -0.15) is 5.10 Å². The van der Waals surface area contributed by atoms with Crippen LogP contribution in [0.2, 0.25) is 0 Å². The van der Waals surface area contributed by atoms with Crippen LogP contribution in [0, 0.1) is 0 Å². The summed E-state index contributed by atoms with van der Waals surface area (Å²) in [7, 11) is 0. The monoisotopic (exact) mass is 352 g/mol. The average molecular weight is 352 g/mol. The number of hydrogen-bond acceptors (Lipinski definition) is 4. The smallest absolute Gasteiger partial charge is 0.273 e. The molecule has 5 nitrogen and oxygen atoms in total. The second kappa shape index (κ2) is 6.03. The molecule has 4 rings (SSSR count). The molecule has 0 saturated carbocycles. The first kappa shape index (κ1) is 14.8. The maximum absolute atomic E-state index is 11.9. The van der Waals surface area contributed by atoms with Crippen molar-refractivity contribution >= 4 is 40.7 Å². The number of hydrogen-bond donors (Lipinski definition) is 2. The fourth-order valence-electron chi connectivity index (χ4n) is 2.45. The van der Waals surface area contributed by atoms with E-state index in [1.165, 1.54) is 0 Å². The minimum absolute atomic E-state index is 0.232. The number of rotatable bonds is 3. The molecule has 1 aliphatic rings. The number of thiocarbonyl (C=S) groups is 1. The van der Waals surface area contributed by atoms with E-state index in [1.807, 2.05) is 58.7 Å². The van der Waals surface area contributed by atoms with Crippen LogP contribution in [-0.4, -0.2) is 20.8 Å². The van der Waals surface area contributed by atoms with E-state index in [4.69, 9.17) is 17.3 Å². The Hall–Kier alpha value is -2.77. The Morgan fingerprint density at radius 2 is 1.96 bits per heavy atom. The minimum atomic E-state index is -0.232. The maximum atomic E-state index is 11.9. The number of carbonyl (C=O) groups excluding carboxylic acids is 1. The molecule has 1 amide bonds. The van der Waals surface area contributed by atoms with Crippen LogP contribution in [0.4, 0.5) is 0 Å². The number of thiophene rings is 1. The predicted molar refractivity (Wildman–Crippen MR) is 98.7 cm³/mol. The molecule has 1 aromatic carbocycles. The van der Waals surface area contributed by atoms with E-state index in [9.17, 15) is 4.79 Å². The molecular formula is C17H12N4OS2. The van der Waals surface area contributed by atoms with E-state index < -0.39 is 0 Å². The lowest BCUT2D eigenvalue weighted by Gasteiger charge is -1.99. The van der Waals surface area contributed by atoms with Crippen molar-refractivity contribution < 1.29 is 4.79 Å². The van der Waals surface area contributed by atoms with Crippen LogP contribution in [0.25, 0.3) is 22.3 Å². The fourth-order valence-corrected chi connectivity index (χ4v) is 3.38. The molecule has 3 aromatic rings. The molecule has 0 radical (unpaired) electrons. The summed E-state index contributed by atoms with van der Waals surface area (Å²) in [6, 6.07) is 13.8. The Labute approximate surface area is 147 Å². The third-order valence-electron chi connectivity index (χ3n) is 3.54. The van der Waals surface area contributed by atoms with Crippen molar-refractivity contribution in [2.45, 2.75) is 0 Å². The molecule has 1 saturated heterocycles. The fraction of sp³-hybridized carbons (Fsp3) is 0. The van der Waals surface area contributed by atoms with Gasteiger partial charge in [0.1, 0.15) is 11.4 Å². The van der Waals surface area contributed by atoms with Gasteiger partial charge in [-0.15, -0.1) is 11.3 Å². The number of nitrogens with one attached hydrogen (secondary N) is 2. The molecule has 0 bridgehead atoms. The average Bonchev–Trinajstić information content (AvgIpc) is 3.29. The molecule has 1 fully saturated rings. The minimum Gasteiger partial charge on any atom is -0.328 e. The number of para-hydroxylation sites is 1. The first-order valence-electron chi connectivity index (χ1n) is 7.24. The Bertz CT molecular complexity index is 942. The lowest BCUT2D eigenvalue weighted by atomic mass is 10.2. The normalized spacial score (nSPS) is 15.6. The molecule has 0 unspecified atom stereocenters. The Morgan fingerprint density at radius 3 is 2.62 bits per heavy atom. The van der Waals surface area contributed by atoms with Crippen LogP contribution in [0.3, 0.4) is 0 Å². The molecule has 118 valence electrons. The van der Waals surface area contributed by atoms with E-state index in [2.05, 4.69) is 10.6 Å². The number of amides is 1. The first-order valence-corrected chi connectivity index (χ1v) is 8.52. The summed E-state index contributed by atoms with van der Waals surface area (Å²) in [5.41, 5.74) is 3.06. The summed E-state index contributed by atoms with van der Waals surface area (Å²) in [5, 5.41) is 12.5. The van der Waals surface area contributed by atoms with Crippen molar-refractivity contribution in [2.24, 2.45) is 0 Å². The van der Waals surface area contributed by atoms with Gasteiger partial charge in [-0.3, -0.25) is 10.1 Å². The van der Waals surface area contributed by atoms with Gasteiger partial charge in [-0.05, 0) is 41.9 Å². The van der Waals surface area contributed by atoms with Crippen molar-refractivity contribution in [1.29, 1.82) is 0 Å². The van der Waals surface area contributed by atoms with Crippen molar-refractivity contribution in [2.75, 3.05) is 0 Å². The van der Waals surface area contributed by atoms with Crippen molar-refractivity contribution in [1.82, 2.24) is 20.4 Å². The second-order valence-corrected chi connectivity index (χ2v) is 6.51. The molecule has 3 heterocycles. The number of aromatic nitrogens is 2. The summed E-state index contributed by atoms with van der Waals surface area (Å²) in [6.45, 7) is 0. The van der Waals surface area contributed by atoms with E-state index in [-0.39, 0.29) is 5.91 Å². The predicted octanol–water partition coefficient (Wildman–Crippen LogP) is 2.95. The lowest BCUT2D eigenvalue weighted by Crippen LogP contribution is -2.21. The van der Waals surface area contributed by atoms with Gasteiger partial charge in [0.05, 0.1) is 10.6 Å². The number of nitrogens with zero attached hydrogens (tertiary/aromatic N) is 2. The molecule has 7 heteroatoms. The zero-order chi connectivity index (χ0) is 16.5. The molecule has 1 aliphatic heterocycles. The lowest BCUT2D eigenvalue weighted by molar-refractivity contribution is -0.115. The van der Waals surface area contributed by atoms with E-state index in [1.54, 1.807) is 17.4 Å². The topological polar surface area (TPSA) is 59.0 Å². The van der Waals surface area contributed by atoms with Crippen LogP contribution in [-0.2, 0) is 4.79 Å². The van der Waals surface area contributed by atoms with Gasteiger partial charge in [0.2, 0.25) is 0 Å². The highest BCUT2D eigenvalue weighted by Gasteiger charge is 2.21. The zero-order valence-corrected chi connectivity index (χ0v) is 14.0. The summed E-state index contributed by atoms with van der Waals surface area (Å²) < 4.78 is 1.81. The highest BCUT2D eigenvalue weighted by atomic mass is 32.1. The molecular weight excluding hydrogens is 340 g/mol. The molecule has 0 aliphatic carbocycles. The highest BCUT2D eigenvalue weighted by Crippen LogP contribution is 2.29. The van der Waals surface area contributed by atoms with Gasteiger partial charge < -0.3 is 5.32 Å². The Kier molecular flexibility index (Phi) is 3.72. The third-order valence-corrected chi connectivity index (χ3v) is 4.62. The summed E-state index contributed by atoms with van der Waals surface area (Å²) in [5.74, 6) is -0.232. The molecule has 2 aromatic heterocycles. The summed E-state index contributed by atoms with van der Waals surface area (Å²) in [4.78, 5) is 12.9. The van der Waals surface area contributed by atoms with Crippen molar-refractivity contribution in [3.05, 3.63) is 65.3 Å². The highest BCUT2D eigenvalue weighted by molar-refractivity contribution is 7.80. The number of carbonyl (C=O) groups is 1. The van der Waals surface area contributed by atoms with E-state index in [0.29, 0.717) is 10.8 Å². The van der Waals surface area contributed by atoms with Crippen LogP contribution in [0.15, 0.2) is 59.7 Å². The standard InChI is InChI=1S/C17H12N4OS2/c22-16-13(18-17(23)19-16)9-11-10-21(12-5-2-1-3-6-12)20-15(11)14-7-4-8-24-14/h1-10H,(H2,18,19,22,23)/b13-9-. The third kappa shape index (κ3) is 2.75. The van der Waals surface area contributed by atoms with Gasteiger partial charge in [-0.25, -0.2) is 4.68 Å². The van der Waals surface area contributed by atoms with Crippen LogP contribution in [0.5, 0.6) is 0 Å². The quantitative estimate of drug-likeness (QED) is 0.562. The molecule has 24 heavy (non-hydrogen) atoms.